The molecule has 1 aromatic rings. The van der Waals surface area contributed by atoms with E-state index in [1.165, 1.54) is 7.11 Å². The summed E-state index contributed by atoms with van der Waals surface area (Å²) in [7, 11) is 3.11. The zero-order valence-corrected chi connectivity index (χ0v) is 13.1. The minimum Gasteiger partial charge on any atom is -0.469 e. The van der Waals surface area contributed by atoms with Gasteiger partial charge in [-0.25, -0.2) is 4.79 Å². The number of hydrogen-bond donors (Lipinski definition) is 0. The van der Waals surface area contributed by atoms with E-state index in [0.717, 1.165) is 0 Å². The van der Waals surface area contributed by atoms with Crippen LogP contribution in [0.1, 0.15) is 23.2 Å². The molecule has 0 saturated carbocycles. The van der Waals surface area contributed by atoms with Crippen molar-refractivity contribution in [1.82, 2.24) is 4.90 Å². The Labute approximate surface area is 134 Å². The summed E-state index contributed by atoms with van der Waals surface area (Å²) in [5.74, 6) is -2.10. The van der Waals surface area contributed by atoms with Gasteiger partial charge in [-0.1, -0.05) is 18.2 Å². The molecule has 2 bridgehead atoms. The number of carbonyl (C=O) groups is 3. The fourth-order valence-electron chi connectivity index (χ4n) is 3.62. The molecule has 0 radical (unpaired) electrons. The number of likely N-dealkylation sites (N-methyl/N-ethyl adjacent to an activating group) is 1. The van der Waals surface area contributed by atoms with Crippen LogP contribution in [-0.4, -0.2) is 55.0 Å². The molecule has 4 unspecified atom stereocenters. The minimum absolute atomic E-state index is 0.140. The Balaban J connectivity index is 1.87. The number of ether oxygens (including phenoxy) is 2. The fourth-order valence-corrected chi connectivity index (χ4v) is 3.62. The maximum Gasteiger partial charge on any atom is 0.338 e. The van der Waals surface area contributed by atoms with Crippen LogP contribution in [0.25, 0.3) is 0 Å². The molecule has 2 fully saturated rings. The molecule has 6 nitrogen and oxygen atoms in total. The average Bonchev–Trinajstić information content (AvgIpc) is 2.87. The van der Waals surface area contributed by atoms with Gasteiger partial charge in [-0.3, -0.25) is 14.5 Å². The molecule has 4 atom stereocenters. The van der Waals surface area contributed by atoms with Gasteiger partial charge < -0.3 is 9.47 Å². The molecule has 2 saturated heterocycles. The highest BCUT2D eigenvalue weighted by Gasteiger charge is 2.56. The third-order valence-corrected chi connectivity index (χ3v) is 4.82. The number of benzene rings is 1. The molecule has 122 valence electrons. The lowest BCUT2D eigenvalue weighted by Gasteiger charge is -2.39. The molecular formula is C17H19NO5. The predicted molar refractivity (Wildman–Crippen MR) is 80.7 cm³/mol. The molecule has 2 heterocycles. The number of nitrogens with zero attached hydrogens (tertiary/aromatic N) is 1. The van der Waals surface area contributed by atoms with Crippen molar-refractivity contribution in [3.8, 4) is 0 Å². The second kappa shape index (κ2) is 6.12. The maximum absolute atomic E-state index is 12.7. The number of carbonyl (C=O) groups excluding carboxylic acids is 3. The fraction of sp³-hybridized carbons (Fsp3) is 0.471. The SMILES string of the molecule is COC(=O)C1C(OC(=O)c2ccccc2)C(=O)C2CCC1N2C. The summed E-state index contributed by atoms with van der Waals surface area (Å²) in [6.07, 6.45) is 0.308. The number of fused-ring (bicyclic) bond motifs is 2. The molecular weight excluding hydrogens is 298 g/mol. The third kappa shape index (κ3) is 2.63. The number of methoxy groups -OCH3 is 1. The Kier molecular flexibility index (Phi) is 4.17. The molecule has 0 spiro atoms. The van der Waals surface area contributed by atoms with Gasteiger partial charge in [0.1, 0.15) is 5.92 Å². The third-order valence-electron chi connectivity index (χ3n) is 4.82. The highest BCUT2D eigenvalue weighted by Crippen LogP contribution is 2.38. The Morgan fingerprint density at radius 3 is 2.52 bits per heavy atom. The summed E-state index contributed by atoms with van der Waals surface area (Å²) in [6.45, 7) is 0. The van der Waals surface area contributed by atoms with Crippen molar-refractivity contribution in [2.24, 2.45) is 5.92 Å². The van der Waals surface area contributed by atoms with E-state index in [2.05, 4.69) is 0 Å². The van der Waals surface area contributed by atoms with Gasteiger partial charge in [0.2, 0.25) is 0 Å². The molecule has 1 aromatic carbocycles. The van der Waals surface area contributed by atoms with Crippen molar-refractivity contribution in [2.45, 2.75) is 31.0 Å². The Bertz CT molecular complexity index is 629. The normalized spacial score (nSPS) is 30.1. The molecule has 3 rings (SSSR count). The Hall–Kier alpha value is -2.21. The topological polar surface area (TPSA) is 72.9 Å². The molecule has 2 aliphatic rings. The summed E-state index contributed by atoms with van der Waals surface area (Å²) in [5, 5.41) is 0. The summed E-state index contributed by atoms with van der Waals surface area (Å²) in [6, 6.07) is 8.01. The molecule has 0 N–H and O–H groups in total. The minimum atomic E-state index is -1.08. The second-order valence-corrected chi connectivity index (χ2v) is 5.97. The predicted octanol–water partition coefficient (Wildman–Crippen LogP) is 1.05. The van der Waals surface area contributed by atoms with Gasteiger partial charge in [-0.15, -0.1) is 0 Å². The highest BCUT2D eigenvalue weighted by molar-refractivity contribution is 5.98. The first kappa shape index (κ1) is 15.7. The van der Waals surface area contributed by atoms with Crippen molar-refractivity contribution in [1.29, 1.82) is 0 Å². The van der Waals surface area contributed by atoms with E-state index in [4.69, 9.17) is 9.47 Å². The smallest absolute Gasteiger partial charge is 0.338 e. The molecule has 0 aliphatic carbocycles. The van der Waals surface area contributed by atoms with E-state index in [9.17, 15) is 14.4 Å². The van der Waals surface area contributed by atoms with Gasteiger partial charge in [-0.05, 0) is 32.0 Å². The highest BCUT2D eigenvalue weighted by atomic mass is 16.6. The number of piperidine rings is 1. The van der Waals surface area contributed by atoms with Gasteiger partial charge in [0.05, 0.1) is 18.7 Å². The van der Waals surface area contributed by atoms with Gasteiger partial charge in [0.25, 0.3) is 0 Å². The summed E-state index contributed by atoms with van der Waals surface area (Å²) in [5.41, 5.74) is 0.357. The quantitative estimate of drug-likeness (QED) is 0.776. The zero-order chi connectivity index (χ0) is 16.6. The van der Waals surface area contributed by atoms with Crippen LogP contribution >= 0.6 is 0 Å². The van der Waals surface area contributed by atoms with Crippen molar-refractivity contribution < 1.29 is 23.9 Å². The van der Waals surface area contributed by atoms with Crippen LogP contribution in [0.3, 0.4) is 0 Å². The molecule has 23 heavy (non-hydrogen) atoms. The zero-order valence-electron chi connectivity index (χ0n) is 13.1. The second-order valence-electron chi connectivity index (χ2n) is 5.97. The van der Waals surface area contributed by atoms with Crippen molar-refractivity contribution >= 4 is 17.7 Å². The number of ketones is 1. The van der Waals surface area contributed by atoms with Gasteiger partial charge in [-0.2, -0.15) is 0 Å². The first-order valence-corrected chi connectivity index (χ1v) is 7.64. The van der Waals surface area contributed by atoms with Crippen LogP contribution in [0.4, 0.5) is 0 Å². The van der Waals surface area contributed by atoms with Crippen LogP contribution in [0.2, 0.25) is 0 Å². The first-order valence-electron chi connectivity index (χ1n) is 7.64. The number of Topliss-reactive ketones (excluding diaryl/α,β-unsaturated/α-hetero) is 1. The van der Waals surface area contributed by atoms with Crippen LogP contribution in [0, 0.1) is 5.92 Å². The monoisotopic (exact) mass is 317 g/mol. The maximum atomic E-state index is 12.7. The molecule has 2 aliphatic heterocycles. The average molecular weight is 317 g/mol. The number of hydrogen-bond acceptors (Lipinski definition) is 6. The van der Waals surface area contributed by atoms with Gasteiger partial charge in [0, 0.05) is 6.04 Å². The Morgan fingerprint density at radius 1 is 1.17 bits per heavy atom. The van der Waals surface area contributed by atoms with Crippen LogP contribution in [0.5, 0.6) is 0 Å². The van der Waals surface area contributed by atoms with E-state index < -0.39 is 24.0 Å². The van der Waals surface area contributed by atoms with E-state index in [-0.39, 0.29) is 17.9 Å². The largest absolute Gasteiger partial charge is 0.469 e. The number of esters is 2. The van der Waals surface area contributed by atoms with Crippen LogP contribution < -0.4 is 0 Å². The van der Waals surface area contributed by atoms with Crippen LogP contribution in [0.15, 0.2) is 30.3 Å². The molecule has 0 aromatic heterocycles. The lowest BCUT2D eigenvalue weighted by atomic mass is 9.86. The molecule has 0 amide bonds. The van der Waals surface area contributed by atoms with E-state index in [1.54, 1.807) is 30.3 Å². The first-order chi connectivity index (χ1) is 11.0. The lowest BCUT2D eigenvalue weighted by Crippen LogP contribution is -2.59. The van der Waals surface area contributed by atoms with Crippen molar-refractivity contribution in [3.63, 3.8) is 0 Å². The molecule has 6 heteroatoms. The van der Waals surface area contributed by atoms with Gasteiger partial charge >= 0.3 is 11.9 Å². The standard InChI is InChI=1S/C17H19NO5/c1-18-11-8-9-12(18)14(19)15(13(11)17(21)22-2)23-16(20)10-6-4-3-5-7-10/h3-7,11-13,15H,8-9H2,1-2H3. The van der Waals surface area contributed by atoms with E-state index in [1.807, 2.05) is 11.9 Å². The van der Waals surface area contributed by atoms with Crippen LogP contribution in [-0.2, 0) is 19.1 Å². The summed E-state index contributed by atoms with van der Waals surface area (Å²) >= 11 is 0. The summed E-state index contributed by atoms with van der Waals surface area (Å²) < 4.78 is 10.3. The summed E-state index contributed by atoms with van der Waals surface area (Å²) in [4.78, 5) is 39.0. The van der Waals surface area contributed by atoms with E-state index >= 15 is 0 Å². The van der Waals surface area contributed by atoms with Crippen molar-refractivity contribution in [3.05, 3.63) is 35.9 Å². The lowest BCUT2D eigenvalue weighted by molar-refractivity contribution is -0.162. The Morgan fingerprint density at radius 2 is 1.87 bits per heavy atom. The van der Waals surface area contributed by atoms with E-state index in [0.29, 0.717) is 18.4 Å². The van der Waals surface area contributed by atoms with Gasteiger partial charge in [0.15, 0.2) is 11.9 Å². The van der Waals surface area contributed by atoms with Crippen molar-refractivity contribution in [2.75, 3.05) is 14.2 Å². The number of rotatable bonds is 3.